The molecule has 0 saturated carbocycles. The first-order chi connectivity index (χ1) is 8.13. The first-order valence-electron chi connectivity index (χ1n) is 6.89. The Labute approximate surface area is 129 Å². The topological polar surface area (TPSA) is 58.4 Å². The Morgan fingerprint density at radius 3 is 2.68 bits per heavy atom. The number of amides is 1. The van der Waals surface area contributed by atoms with Crippen molar-refractivity contribution < 1.29 is 4.79 Å². The van der Waals surface area contributed by atoms with Crippen LogP contribution < -0.4 is 11.1 Å². The molecular formula is C13H29Cl2N3O. The largest absolute Gasteiger partial charge is 0.355 e. The first-order valence-corrected chi connectivity index (χ1v) is 6.89. The van der Waals surface area contributed by atoms with Crippen molar-refractivity contribution >= 4 is 30.7 Å². The quantitative estimate of drug-likeness (QED) is 0.788. The molecule has 1 fully saturated rings. The molecule has 0 aliphatic carbocycles. The van der Waals surface area contributed by atoms with Gasteiger partial charge in [0, 0.05) is 31.6 Å². The summed E-state index contributed by atoms with van der Waals surface area (Å²) in [5.74, 6) is 0.0741. The van der Waals surface area contributed by atoms with E-state index in [1.165, 1.54) is 32.2 Å². The summed E-state index contributed by atoms with van der Waals surface area (Å²) in [5, 5.41) is 2.95. The zero-order valence-electron chi connectivity index (χ0n) is 12.1. The summed E-state index contributed by atoms with van der Waals surface area (Å²) in [7, 11) is 0. The number of nitrogens with one attached hydrogen (secondary N) is 1. The molecule has 2 unspecified atom stereocenters. The molecule has 1 aliphatic rings. The first kappa shape index (κ1) is 21.3. The van der Waals surface area contributed by atoms with Crippen LogP contribution in [0.4, 0.5) is 0 Å². The summed E-state index contributed by atoms with van der Waals surface area (Å²) in [5.41, 5.74) is 5.58. The number of likely N-dealkylation sites (tertiary alicyclic amines) is 1. The van der Waals surface area contributed by atoms with Crippen molar-refractivity contribution in [3.63, 3.8) is 0 Å². The fraction of sp³-hybridized carbons (Fsp3) is 0.923. The average molecular weight is 314 g/mol. The van der Waals surface area contributed by atoms with Gasteiger partial charge in [-0.1, -0.05) is 13.3 Å². The fourth-order valence-electron chi connectivity index (χ4n) is 2.52. The molecule has 2 atom stereocenters. The van der Waals surface area contributed by atoms with Gasteiger partial charge in [-0.2, -0.15) is 0 Å². The number of carbonyl (C=O) groups excluding carboxylic acids is 1. The van der Waals surface area contributed by atoms with Gasteiger partial charge in [0.2, 0.25) is 5.91 Å². The third kappa shape index (κ3) is 8.69. The van der Waals surface area contributed by atoms with Crippen molar-refractivity contribution in [3.8, 4) is 0 Å². The zero-order valence-corrected chi connectivity index (χ0v) is 13.7. The minimum atomic E-state index is -0.0478. The molecule has 0 aromatic rings. The summed E-state index contributed by atoms with van der Waals surface area (Å²) in [6.45, 7) is 7.02. The van der Waals surface area contributed by atoms with E-state index in [4.69, 9.17) is 5.73 Å². The molecule has 1 aliphatic heterocycles. The summed E-state index contributed by atoms with van der Waals surface area (Å²) < 4.78 is 0. The van der Waals surface area contributed by atoms with Crippen LogP contribution in [0.15, 0.2) is 0 Å². The normalized spacial score (nSPS) is 20.9. The van der Waals surface area contributed by atoms with E-state index in [0.29, 0.717) is 12.5 Å². The van der Waals surface area contributed by atoms with E-state index in [-0.39, 0.29) is 36.8 Å². The average Bonchev–Trinajstić information content (AvgIpc) is 2.28. The van der Waals surface area contributed by atoms with E-state index in [1.54, 1.807) is 0 Å². The SMILES string of the molecule is CCC1CCCCN1CCNC(=O)CC(C)N.Cl.Cl. The number of nitrogens with two attached hydrogens (primary N) is 1. The Balaban J connectivity index is 0. The number of hydrogen-bond acceptors (Lipinski definition) is 3. The van der Waals surface area contributed by atoms with E-state index in [2.05, 4.69) is 17.1 Å². The molecule has 0 spiro atoms. The predicted molar refractivity (Wildman–Crippen MR) is 85.3 cm³/mol. The van der Waals surface area contributed by atoms with Gasteiger partial charge in [0.15, 0.2) is 0 Å². The number of halogens is 2. The number of piperidine rings is 1. The Hall–Kier alpha value is -0.0300. The highest BCUT2D eigenvalue weighted by Gasteiger charge is 2.20. The molecule has 1 saturated heterocycles. The van der Waals surface area contributed by atoms with Gasteiger partial charge in [0.25, 0.3) is 0 Å². The van der Waals surface area contributed by atoms with Gasteiger partial charge >= 0.3 is 0 Å². The van der Waals surface area contributed by atoms with Gasteiger partial charge in [-0.25, -0.2) is 0 Å². The second-order valence-electron chi connectivity index (χ2n) is 5.13. The van der Waals surface area contributed by atoms with Gasteiger partial charge in [-0.3, -0.25) is 9.69 Å². The van der Waals surface area contributed by atoms with E-state index >= 15 is 0 Å². The van der Waals surface area contributed by atoms with Gasteiger partial charge in [0.05, 0.1) is 0 Å². The molecule has 19 heavy (non-hydrogen) atoms. The second-order valence-corrected chi connectivity index (χ2v) is 5.13. The predicted octanol–water partition coefficient (Wildman–Crippen LogP) is 1.95. The van der Waals surface area contributed by atoms with Crippen LogP contribution in [0.2, 0.25) is 0 Å². The number of rotatable bonds is 6. The number of carbonyl (C=O) groups is 1. The number of nitrogens with zero attached hydrogens (tertiary/aromatic N) is 1. The van der Waals surface area contributed by atoms with Crippen LogP contribution in [-0.2, 0) is 4.79 Å². The Morgan fingerprint density at radius 2 is 2.11 bits per heavy atom. The maximum atomic E-state index is 11.4. The van der Waals surface area contributed by atoms with Crippen molar-refractivity contribution in [2.75, 3.05) is 19.6 Å². The van der Waals surface area contributed by atoms with E-state index in [0.717, 1.165) is 13.1 Å². The molecule has 116 valence electrons. The lowest BCUT2D eigenvalue weighted by Gasteiger charge is -2.35. The maximum absolute atomic E-state index is 11.4. The summed E-state index contributed by atoms with van der Waals surface area (Å²) in [4.78, 5) is 13.9. The molecule has 3 N–H and O–H groups in total. The Kier molecular flexibility index (Phi) is 13.2. The smallest absolute Gasteiger partial charge is 0.221 e. The molecule has 0 aromatic carbocycles. The lowest BCUT2D eigenvalue weighted by molar-refractivity contribution is -0.121. The van der Waals surface area contributed by atoms with Crippen molar-refractivity contribution in [3.05, 3.63) is 0 Å². The van der Waals surface area contributed by atoms with Crippen LogP contribution in [0.3, 0.4) is 0 Å². The summed E-state index contributed by atoms with van der Waals surface area (Å²) in [6.07, 6.45) is 5.60. The van der Waals surface area contributed by atoms with E-state index in [1.807, 2.05) is 6.92 Å². The van der Waals surface area contributed by atoms with Crippen LogP contribution in [-0.4, -0.2) is 42.5 Å². The highest BCUT2D eigenvalue weighted by molar-refractivity contribution is 5.85. The fourth-order valence-corrected chi connectivity index (χ4v) is 2.52. The van der Waals surface area contributed by atoms with Gasteiger partial charge in [-0.15, -0.1) is 24.8 Å². The third-order valence-corrected chi connectivity index (χ3v) is 3.45. The van der Waals surface area contributed by atoms with Crippen LogP contribution in [0.5, 0.6) is 0 Å². The minimum absolute atomic E-state index is 0. The standard InChI is InChI=1S/C13H27N3O.2ClH/c1-3-12-6-4-5-8-16(12)9-7-15-13(17)10-11(2)14;;/h11-12H,3-10,14H2,1-2H3,(H,15,17);2*1H. The van der Waals surface area contributed by atoms with Crippen molar-refractivity contribution in [2.45, 2.75) is 58.0 Å². The molecular weight excluding hydrogens is 285 g/mol. The van der Waals surface area contributed by atoms with Crippen molar-refractivity contribution in [1.29, 1.82) is 0 Å². The summed E-state index contributed by atoms with van der Waals surface area (Å²) >= 11 is 0. The van der Waals surface area contributed by atoms with Crippen molar-refractivity contribution in [2.24, 2.45) is 5.73 Å². The molecule has 0 bridgehead atoms. The molecule has 6 heteroatoms. The molecule has 1 amide bonds. The van der Waals surface area contributed by atoms with E-state index in [9.17, 15) is 4.79 Å². The Morgan fingerprint density at radius 1 is 1.42 bits per heavy atom. The lowest BCUT2D eigenvalue weighted by atomic mass is 10.0. The van der Waals surface area contributed by atoms with E-state index < -0.39 is 0 Å². The van der Waals surface area contributed by atoms with Crippen LogP contribution in [0.25, 0.3) is 0 Å². The monoisotopic (exact) mass is 313 g/mol. The highest BCUT2D eigenvalue weighted by Crippen LogP contribution is 2.18. The van der Waals surface area contributed by atoms with Crippen LogP contribution in [0.1, 0.15) is 46.0 Å². The van der Waals surface area contributed by atoms with Gasteiger partial charge in [0.1, 0.15) is 0 Å². The molecule has 4 nitrogen and oxygen atoms in total. The van der Waals surface area contributed by atoms with Gasteiger partial charge < -0.3 is 11.1 Å². The van der Waals surface area contributed by atoms with Crippen molar-refractivity contribution in [1.82, 2.24) is 10.2 Å². The second kappa shape index (κ2) is 11.8. The minimum Gasteiger partial charge on any atom is -0.355 e. The zero-order chi connectivity index (χ0) is 12.7. The number of hydrogen-bond donors (Lipinski definition) is 2. The van der Waals surface area contributed by atoms with Gasteiger partial charge in [-0.05, 0) is 32.7 Å². The van der Waals surface area contributed by atoms with Crippen LogP contribution in [0, 0.1) is 0 Å². The van der Waals surface area contributed by atoms with Crippen LogP contribution >= 0.6 is 24.8 Å². The highest BCUT2D eigenvalue weighted by atomic mass is 35.5. The lowest BCUT2D eigenvalue weighted by Crippen LogP contribution is -2.44. The third-order valence-electron chi connectivity index (χ3n) is 3.45. The molecule has 1 rings (SSSR count). The Bertz CT molecular complexity index is 240. The summed E-state index contributed by atoms with van der Waals surface area (Å²) in [6, 6.07) is 0.669. The molecule has 1 heterocycles. The molecule has 0 radical (unpaired) electrons. The maximum Gasteiger partial charge on any atom is 0.221 e. The molecule has 0 aromatic heterocycles.